The number of halogens is 2. The van der Waals surface area contributed by atoms with Gasteiger partial charge in [0.15, 0.2) is 0 Å². The van der Waals surface area contributed by atoms with Crippen molar-refractivity contribution in [3.05, 3.63) is 75.5 Å². The van der Waals surface area contributed by atoms with E-state index >= 15 is 0 Å². The highest BCUT2D eigenvalue weighted by molar-refractivity contribution is 6.30. The maximum Gasteiger partial charge on any atom is 0.251 e. The number of aliphatic hydroxyl groups is 1. The maximum absolute atomic E-state index is 14.4. The number of nitrogens with zero attached hydrogens (tertiary/aromatic N) is 3. The number of hydrogen-bond acceptors (Lipinski definition) is 6. The van der Waals surface area contributed by atoms with Gasteiger partial charge in [-0.3, -0.25) is 4.79 Å². The summed E-state index contributed by atoms with van der Waals surface area (Å²) in [6.07, 6.45) is 4.92. The third-order valence-corrected chi connectivity index (χ3v) is 5.60. The lowest BCUT2D eigenvalue weighted by Crippen LogP contribution is -2.28. The second kappa shape index (κ2) is 9.55. The summed E-state index contributed by atoms with van der Waals surface area (Å²) in [7, 11) is 0. The SMILES string of the molecule is O=c1cc(-c2ccnc(NC3CCOCC3)n2)ccn1C(CO)c1cccc(Cl)c1F. The van der Waals surface area contributed by atoms with Crippen LogP contribution in [0.4, 0.5) is 10.3 Å². The quantitative estimate of drug-likeness (QED) is 0.606. The van der Waals surface area contributed by atoms with E-state index in [0.29, 0.717) is 30.4 Å². The number of ether oxygens (including phenoxy) is 1. The highest BCUT2D eigenvalue weighted by Crippen LogP contribution is 2.26. The Labute approximate surface area is 183 Å². The molecule has 1 aliphatic heterocycles. The summed E-state index contributed by atoms with van der Waals surface area (Å²) in [6.45, 7) is 0.951. The predicted molar refractivity (Wildman–Crippen MR) is 116 cm³/mol. The minimum absolute atomic E-state index is 0.0637. The Morgan fingerprint density at radius 1 is 1.29 bits per heavy atom. The second-order valence-electron chi connectivity index (χ2n) is 7.30. The van der Waals surface area contributed by atoms with Gasteiger partial charge in [0.25, 0.3) is 5.56 Å². The van der Waals surface area contributed by atoms with Crippen LogP contribution in [0, 0.1) is 5.82 Å². The van der Waals surface area contributed by atoms with Gasteiger partial charge in [-0.15, -0.1) is 0 Å². The molecule has 0 bridgehead atoms. The molecule has 1 aromatic carbocycles. The first-order chi connectivity index (χ1) is 15.1. The first-order valence-electron chi connectivity index (χ1n) is 10.0. The van der Waals surface area contributed by atoms with Gasteiger partial charge in [-0.2, -0.15) is 0 Å². The third kappa shape index (κ3) is 4.76. The van der Waals surface area contributed by atoms with E-state index in [1.807, 2.05) is 0 Å². The molecule has 1 unspecified atom stereocenters. The van der Waals surface area contributed by atoms with Gasteiger partial charge in [-0.25, -0.2) is 14.4 Å². The molecular formula is C22H22ClFN4O3. The second-order valence-corrected chi connectivity index (χ2v) is 7.71. The molecule has 0 aliphatic carbocycles. The van der Waals surface area contributed by atoms with Crippen molar-refractivity contribution in [2.45, 2.75) is 24.9 Å². The molecule has 7 nitrogen and oxygen atoms in total. The van der Waals surface area contributed by atoms with Crippen LogP contribution in [-0.2, 0) is 4.74 Å². The van der Waals surface area contributed by atoms with Crippen molar-refractivity contribution in [1.29, 1.82) is 0 Å². The van der Waals surface area contributed by atoms with Crippen molar-refractivity contribution in [3.8, 4) is 11.3 Å². The van der Waals surface area contributed by atoms with Crippen molar-refractivity contribution in [2.75, 3.05) is 25.1 Å². The number of anilines is 1. The number of benzene rings is 1. The molecule has 0 spiro atoms. The molecule has 0 amide bonds. The average Bonchev–Trinajstić information content (AvgIpc) is 2.79. The summed E-state index contributed by atoms with van der Waals surface area (Å²) in [5.74, 6) is -0.165. The minimum Gasteiger partial charge on any atom is -0.394 e. The van der Waals surface area contributed by atoms with Gasteiger partial charge in [0.1, 0.15) is 5.82 Å². The van der Waals surface area contributed by atoms with Gasteiger partial charge in [0.05, 0.1) is 23.4 Å². The van der Waals surface area contributed by atoms with E-state index < -0.39 is 24.0 Å². The van der Waals surface area contributed by atoms with Gasteiger partial charge in [-0.05, 0) is 31.0 Å². The zero-order valence-electron chi connectivity index (χ0n) is 16.7. The molecule has 2 aromatic heterocycles. The normalized spacial score (nSPS) is 15.6. The molecule has 4 rings (SSSR count). The van der Waals surface area contributed by atoms with Crippen molar-refractivity contribution in [1.82, 2.24) is 14.5 Å². The highest BCUT2D eigenvalue weighted by atomic mass is 35.5. The Bertz CT molecular complexity index is 1120. The number of nitrogens with one attached hydrogen (secondary N) is 1. The van der Waals surface area contributed by atoms with E-state index in [-0.39, 0.29) is 16.6 Å². The molecule has 1 atom stereocenters. The van der Waals surface area contributed by atoms with E-state index in [0.717, 1.165) is 12.8 Å². The third-order valence-electron chi connectivity index (χ3n) is 5.30. The van der Waals surface area contributed by atoms with E-state index in [9.17, 15) is 14.3 Å². The summed E-state index contributed by atoms with van der Waals surface area (Å²) >= 11 is 5.86. The highest BCUT2D eigenvalue weighted by Gasteiger charge is 2.20. The van der Waals surface area contributed by atoms with Crippen LogP contribution in [0.15, 0.2) is 53.6 Å². The van der Waals surface area contributed by atoms with Crippen LogP contribution in [0.25, 0.3) is 11.3 Å². The lowest BCUT2D eigenvalue weighted by atomic mass is 10.1. The maximum atomic E-state index is 14.4. The van der Waals surface area contributed by atoms with Gasteiger partial charge in [0.2, 0.25) is 5.95 Å². The summed E-state index contributed by atoms with van der Waals surface area (Å²) in [6, 6.07) is 8.68. The Hall–Kier alpha value is -2.81. The Morgan fingerprint density at radius 3 is 2.84 bits per heavy atom. The van der Waals surface area contributed by atoms with Crippen LogP contribution in [0.5, 0.6) is 0 Å². The zero-order valence-corrected chi connectivity index (χ0v) is 17.4. The average molecular weight is 445 g/mol. The van der Waals surface area contributed by atoms with Crippen LogP contribution in [0.3, 0.4) is 0 Å². The first kappa shape index (κ1) is 21.4. The van der Waals surface area contributed by atoms with E-state index in [4.69, 9.17) is 16.3 Å². The monoisotopic (exact) mass is 444 g/mol. The number of hydrogen-bond donors (Lipinski definition) is 2. The minimum atomic E-state index is -0.892. The molecular weight excluding hydrogens is 423 g/mol. The first-order valence-corrected chi connectivity index (χ1v) is 10.4. The topological polar surface area (TPSA) is 89.3 Å². The fourth-order valence-electron chi connectivity index (χ4n) is 3.63. The largest absolute Gasteiger partial charge is 0.394 e. The van der Waals surface area contributed by atoms with Gasteiger partial charge < -0.3 is 19.7 Å². The van der Waals surface area contributed by atoms with Crippen molar-refractivity contribution in [3.63, 3.8) is 0 Å². The Morgan fingerprint density at radius 2 is 2.10 bits per heavy atom. The van der Waals surface area contributed by atoms with Crippen molar-refractivity contribution in [2.24, 2.45) is 0 Å². The molecule has 1 saturated heterocycles. The van der Waals surface area contributed by atoms with Crippen LogP contribution in [0.1, 0.15) is 24.4 Å². The fraction of sp³-hybridized carbons (Fsp3) is 0.318. The molecule has 3 heterocycles. The predicted octanol–water partition coefficient (Wildman–Crippen LogP) is 3.27. The summed E-state index contributed by atoms with van der Waals surface area (Å²) in [5.41, 5.74) is 0.938. The molecule has 0 saturated carbocycles. The molecule has 0 radical (unpaired) electrons. The summed E-state index contributed by atoms with van der Waals surface area (Å²) in [4.78, 5) is 21.6. The van der Waals surface area contributed by atoms with E-state index in [2.05, 4.69) is 15.3 Å². The van der Waals surface area contributed by atoms with Crippen LogP contribution in [-0.4, -0.2) is 45.5 Å². The van der Waals surface area contributed by atoms with Crippen LogP contribution < -0.4 is 10.9 Å². The lowest BCUT2D eigenvalue weighted by molar-refractivity contribution is 0.0903. The van der Waals surface area contributed by atoms with Gasteiger partial charge in [0, 0.05) is 48.8 Å². The number of pyridine rings is 1. The molecule has 3 aromatic rings. The van der Waals surface area contributed by atoms with Crippen molar-refractivity contribution >= 4 is 17.5 Å². The van der Waals surface area contributed by atoms with Crippen molar-refractivity contribution < 1.29 is 14.2 Å². The summed E-state index contributed by atoms with van der Waals surface area (Å²) in [5, 5.41) is 13.1. The standard InChI is InChI=1S/C22H22ClFN4O3/c23-17-3-1-2-16(21(17)24)19(13-29)28-9-5-14(12-20(28)30)18-4-8-25-22(27-18)26-15-6-10-31-11-7-15/h1-5,8-9,12,15,19,29H,6-7,10-11,13H2,(H,25,26,27). The van der Waals surface area contributed by atoms with Crippen LogP contribution in [0.2, 0.25) is 5.02 Å². The molecule has 31 heavy (non-hydrogen) atoms. The van der Waals surface area contributed by atoms with Gasteiger partial charge in [-0.1, -0.05) is 23.7 Å². The molecule has 1 aliphatic rings. The Kier molecular flexibility index (Phi) is 6.60. The lowest BCUT2D eigenvalue weighted by Gasteiger charge is -2.23. The zero-order chi connectivity index (χ0) is 21.8. The number of aromatic nitrogens is 3. The number of rotatable bonds is 6. The van der Waals surface area contributed by atoms with Crippen LogP contribution >= 0.6 is 11.6 Å². The smallest absolute Gasteiger partial charge is 0.251 e. The fourth-order valence-corrected chi connectivity index (χ4v) is 3.82. The molecule has 2 N–H and O–H groups in total. The molecule has 9 heteroatoms. The van der Waals surface area contributed by atoms with Gasteiger partial charge >= 0.3 is 0 Å². The molecule has 162 valence electrons. The van der Waals surface area contributed by atoms with E-state index in [1.54, 1.807) is 24.4 Å². The Balaban J connectivity index is 1.61. The molecule has 1 fully saturated rings. The summed E-state index contributed by atoms with van der Waals surface area (Å²) < 4.78 is 21.1. The number of aliphatic hydroxyl groups excluding tert-OH is 1. The van der Waals surface area contributed by atoms with E-state index in [1.165, 1.54) is 29.0 Å².